The number of aromatic nitrogens is 2. The molecule has 0 fully saturated rings. The fourth-order valence-electron chi connectivity index (χ4n) is 3.40. The number of aliphatic hydroxyl groups is 1. The number of aryl methyl sites for hydroxylation is 1. The molecular formula is C18H16N2O2. The summed E-state index contributed by atoms with van der Waals surface area (Å²) in [5.74, 6) is 0. The molecule has 1 N–H and O–H groups in total. The lowest BCUT2D eigenvalue weighted by atomic mass is 10.1. The van der Waals surface area contributed by atoms with Gasteiger partial charge < -0.3 is 5.11 Å². The van der Waals surface area contributed by atoms with E-state index >= 15 is 0 Å². The van der Waals surface area contributed by atoms with Crippen molar-refractivity contribution in [1.82, 2.24) is 9.55 Å². The van der Waals surface area contributed by atoms with E-state index in [2.05, 4.69) is 4.98 Å². The van der Waals surface area contributed by atoms with Gasteiger partial charge in [0.05, 0.1) is 29.4 Å². The Hall–Kier alpha value is -2.46. The third kappa shape index (κ3) is 1.81. The molecule has 1 aliphatic carbocycles. The highest BCUT2D eigenvalue weighted by Crippen LogP contribution is 2.33. The van der Waals surface area contributed by atoms with Gasteiger partial charge in [-0.25, -0.2) is 4.98 Å². The van der Waals surface area contributed by atoms with E-state index in [-0.39, 0.29) is 11.6 Å². The first-order valence-corrected chi connectivity index (χ1v) is 7.39. The van der Waals surface area contributed by atoms with Gasteiger partial charge in [-0.2, -0.15) is 0 Å². The smallest absolute Gasteiger partial charge is 0.261 e. The van der Waals surface area contributed by atoms with Gasteiger partial charge in [0.2, 0.25) is 0 Å². The van der Waals surface area contributed by atoms with Crippen molar-refractivity contribution in [2.24, 2.45) is 0 Å². The largest absolute Gasteiger partial charge is 0.390 e. The SMILES string of the molecule is Cc1cccc2c(=O)n([C@H]3c4ccccc4C[C@@H]3O)cnc12. The third-order valence-electron chi connectivity index (χ3n) is 4.48. The molecule has 0 saturated heterocycles. The number of benzene rings is 2. The maximum Gasteiger partial charge on any atom is 0.261 e. The first-order valence-electron chi connectivity index (χ1n) is 7.39. The molecule has 0 unspecified atom stereocenters. The second-order valence-corrected chi connectivity index (χ2v) is 5.84. The molecule has 1 heterocycles. The molecule has 2 aromatic carbocycles. The lowest BCUT2D eigenvalue weighted by Gasteiger charge is -2.19. The first-order chi connectivity index (χ1) is 10.7. The zero-order valence-corrected chi connectivity index (χ0v) is 12.2. The predicted octanol–water partition coefficient (Wildman–Crippen LogP) is 2.21. The normalized spacial score (nSPS) is 20.3. The number of aliphatic hydroxyl groups excluding tert-OH is 1. The van der Waals surface area contributed by atoms with Crippen LogP contribution in [-0.2, 0) is 6.42 Å². The second kappa shape index (κ2) is 4.78. The maximum absolute atomic E-state index is 12.8. The van der Waals surface area contributed by atoms with Crippen molar-refractivity contribution in [1.29, 1.82) is 0 Å². The van der Waals surface area contributed by atoms with Crippen LogP contribution in [-0.4, -0.2) is 20.8 Å². The number of rotatable bonds is 1. The van der Waals surface area contributed by atoms with Gasteiger partial charge in [-0.15, -0.1) is 0 Å². The van der Waals surface area contributed by atoms with Gasteiger partial charge in [0.15, 0.2) is 0 Å². The van der Waals surface area contributed by atoms with E-state index in [1.165, 1.54) is 0 Å². The molecule has 0 aliphatic heterocycles. The van der Waals surface area contributed by atoms with Crippen LogP contribution >= 0.6 is 0 Å². The third-order valence-corrected chi connectivity index (χ3v) is 4.48. The number of nitrogens with zero attached hydrogens (tertiary/aromatic N) is 2. The van der Waals surface area contributed by atoms with Crippen LogP contribution in [0.25, 0.3) is 10.9 Å². The fraction of sp³-hybridized carbons (Fsp3) is 0.222. The molecule has 1 aliphatic rings. The number of hydrogen-bond acceptors (Lipinski definition) is 3. The zero-order valence-electron chi connectivity index (χ0n) is 12.2. The quantitative estimate of drug-likeness (QED) is 0.748. The average Bonchev–Trinajstić information content (AvgIpc) is 2.85. The van der Waals surface area contributed by atoms with Crippen LogP contribution < -0.4 is 5.56 Å². The molecule has 0 spiro atoms. The van der Waals surface area contributed by atoms with Crippen LogP contribution in [0.5, 0.6) is 0 Å². The molecule has 1 aromatic heterocycles. The zero-order chi connectivity index (χ0) is 15.3. The van der Waals surface area contributed by atoms with Gasteiger partial charge in [-0.1, -0.05) is 36.4 Å². The predicted molar refractivity (Wildman–Crippen MR) is 85.0 cm³/mol. The summed E-state index contributed by atoms with van der Waals surface area (Å²) in [4.78, 5) is 17.3. The topological polar surface area (TPSA) is 55.1 Å². The molecule has 4 nitrogen and oxygen atoms in total. The summed E-state index contributed by atoms with van der Waals surface area (Å²) < 4.78 is 1.57. The molecule has 0 saturated carbocycles. The summed E-state index contributed by atoms with van der Waals surface area (Å²) in [5.41, 5.74) is 3.70. The van der Waals surface area contributed by atoms with E-state index in [0.717, 1.165) is 22.2 Å². The molecule has 2 atom stereocenters. The molecule has 4 rings (SSSR count). The van der Waals surface area contributed by atoms with E-state index < -0.39 is 6.10 Å². The van der Waals surface area contributed by atoms with Gasteiger partial charge in [0.1, 0.15) is 0 Å². The molecule has 22 heavy (non-hydrogen) atoms. The lowest BCUT2D eigenvalue weighted by Crippen LogP contribution is -2.31. The maximum atomic E-state index is 12.8. The van der Waals surface area contributed by atoms with Crippen molar-refractivity contribution in [3.05, 3.63) is 75.8 Å². The minimum absolute atomic E-state index is 0.102. The van der Waals surface area contributed by atoms with Crippen LogP contribution in [0.1, 0.15) is 22.7 Å². The summed E-state index contributed by atoms with van der Waals surface area (Å²) in [6.07, 6.45) is 1.53. The van der Waals surface area contributed by atoms with Gasteiger partial charge >= 0.3 is 0 Å². The number of fused-ring (bicyclic) bond motifs is 2. The minimum Gasteiger partial charge on any atom is -0.390 e. The molecule has 0 radical (unpaired) electrons. The van der Waals surface area contributed by atoms with Gasteiger partial charge in [0, 0.05) is 6.42 Å². The van der Waals surface area contributed by atoms with Crippen LogP contribution in [0, 0.1) is 6.92 Å². The number of para-hydroxylation sites is 1. The first kappa shape index (κ1) is 13.2. The highest BCUT2D eigenvalue weighted by molar-refractivity contribution is 5.80. The van der Waals surface area contributed by atoms with Crippen molar-refractivity contribution in [3.8, 4) is 0 Å². The van der Waals surface area contributed by atoms with Gasteiger partial charge in [-0.3, -0.25) is 9.36 Å². The molecule has 110 valence electrons. The van der Waals surface area contributed by atoms with Crippen LogP contribution in [0.2, 0.25) is 0 Å². The Morgan fingerprint density at radius 2 is 2.00 bits per heavy atom. The minimum atomic E-state index is -0.598. The second-order valence-electron chi connectivity index (χ2n) is 5.84. The van der Waals surface area contributed by atoms with E-state index in [9.17, 15) is 9.90 Å². The molecule has 4 heteroatoms. The Morgan fingerprint density at radius 3 is 2.86 bits per heavy atom. The summed E-state index contributed by atoms with van der Waals surface area (Å²) in [7, 11) is 0. The van der Waals surface area contributed by atoms with E-state index in [1.54, 1.807) is 17.0 Å². The average molecular weight is 292 g/mol. The Balaban J connectivity index is 1.96. The summed E-state index contributed by atoms with van der Waals surface area (Å²) in [5, 5.41) is 11.0. The Labute approximate surface area is 127 Å². The highest BCUT2D eigenvalue weighted by atomic mass is 16.3. The summed E-state index contributed by atoms with van der Waals surface area (Å²) in [6.45, 7) is 1.94. The highest BCUT2D eigenvalue weighted by Gasteiger charge is 2.33. The molecule has 0 bridgehead atoms. The standard InChI is InChI=1S/C18H16N2O2/c1-11-5-4-8-14-16(11)19-10-20(18(14)22)17-13-7-3-2-6-12(13)9-15(17)21/h2-8,10,15,17,21H,9H2,1H3/t15-,17-/m0/s1. The summed E-state index contributed by atoms with van der Waals surface area (Å²) >= 11 is 0. The molecule has 3 aromatic rings. The fourth-order valence-corrected chi connectivity index (χ4v) is 3.40. The van der Waals surface area contributed by atoms with Crippen LogP contribution in [0.15, 0.2) is 53.6 Å². The lowest BCUT2D eigenvalue weighted by molar-refractivity contribution is 0.142. The molecule has 0 amide bonds. The molecular weight excluding hydrogens is 276 g/mol. The van der Waals surface area contributed by atoms with E-state index in [0.29, 0.717) is 11.8 Å². The Kier molecular flexibility index (Phi) is 2.87. The Bertz CT molecular complexity index is 930. The van der Waals surface area contributed by atoms with Crippen molar-refractivity contribution in [2.75, 3.05) is 0 Å². The Morgan fingerprint density at radius 1 is 1.18 bits per heavy atom. The van der Waals surface area contributed by atoms with Crippen molar-refractivity contribution < 1.29 is 5.11 Å². The van der Waals surface area contributed by atoms with Gasteiger partial charge in [0.25, 0.3) is 5.56 Å². The summed E-state index contributed by atoms with van der Waals surface area (Å²) in [6, 6.07) is 13.1. The van der Waals surface area contributed by atoms with Crippen LogP contribution in [0.3, 0.4) is 0 Å². The van der Waals surface area contributed by atoms with Gasteiger partial charge in [-0.05, 0) is 29.7 Å². The van der Waals surface area contributed by atoms with Crippen molar-refractivity contribution >= 4 is 10.9 Å². The van der Waals surface area contributed by atoms with Crippen molar-refractivity contribution in [3.63, 3.8) is 0 Å². The van der Waals surface area contributed by atoms with E-state index in [4.69, 9.17) is 0 Å². The van der Waals surface area contributed by atoms with Crippen LogP contribution in [0.4, 0.5) is 0 Å². The van der Waals surface area contributed by atoms with E-state index in [1.807, 2.05) is 43.3 Å². The van der Waals surface area contributed by atoms with Crippen molar-refractivity contribution in [2.45, 2.75) is 25.5 Å². The number of hydrogen-bond donors (Lipinski definition) is 1. The monoisotopic (exact) mass is 292 g/mol.